The third-order valence-corrected chi connectivity index (χ3v) is 4.96. The number of rotatable bonds is 11. The second kappa shape index (κ2) is 11.0. The van der Waals surface area contributed by atoms with Crippen molar-refractivity contribution in [1.82, 2.24) is 5.32 Å². The van der Waals surface area contributed by atoms with Crippen LogP contribution in [0.25, 0.3) is 0 Å². The van der Waals surface area contributed by atoms with Crippen LogP contribution in [0.3, 0.4) is 0 Å². The first-order chi connectivity index (χ1) is 11.8. The average Bonchev–Trinajstić information content (AvgIpc) is 2.53. The average molecular weight is 366 g/mol. The van der Waals surface area contributed by atoms with Gasteiger partial charge in [-0.3, -0.25) is 0 Å². The SMILES string of the molecule is CCCC(CCNC(C=C(C)C)CC(C)(C)c1ccc(Cl)cc1)OC. The van der Waals surface area contributed by atoms with Crippen molar-refractivity contribution in [2.45, 2.75) is 77.9 Å². The molecule has 0 heterocycles. The van der Waals surface area contributed by atoms with Crippen molar-refractivity contribution in [2.75, 3.05) is 13.7 Å². The lowest BCUT2D eigenvalue weighted by Gasteiger charge is -2.30. The number of hydrogen-bond donors (Lipinski definition) is 1. The first-order valence-electron chi connectivity index (χ1n) is 9.45. The van der Waals surface area contributed by atoms with Crippen molar-refractivity contribution in [1.29, 1.82) is 0 Å². The number of halogens is 1. The van der Waals surface area contributed by atoms with Crippen molar-refractivity contribution in [3.63, 3.8) is 0 Å². The van der Waals surface area contributed by atoms with Crippen LogP contribution in [-0.4, -0.2) is 25.8 Å². The predicted octanol–water partition coefficient (Wildman–Crippen LogP) is 6.14. The number of methoxy groups -OCH3 is 1. The van der Waals surface area contributed by atoms with E-state index in [2.05, 4.69) is 58.1 Å². The van der Waals surface area contributed by atoms with Crippen LogP contribution in [0.5, 0.6) is 0 Å². The zero-order chi connectivity index (χ0) is 18.9. The Morgan fingerprint density at radius 2 is 1.84 bits per heavy atom. The molecule has 1 aromatic carbocycles. The van der Waals surface area contributed by atoms with Crippen LogP contribution in [-0.2, 0) is 10.2 Å². The Balaban J connectivity index is 2.71. The quantitative estimate of drug-likeness (QED) is 0.475. The van der Waals surface area contributed by atoms with Gasteiger partial charge in [0.25, 0.3) is 0 Å². The molecule has 2 unspecified atom stereocenters. The second-order valence-electron chi connectivity index (χ2n) is 7.83. The summed E-state index contributed by atoms with van der Waals surface area (Å²) in [6.45, 7) is 12.1. The first kappa shape index (κ1) is 22.2. The van der Waals surface area contributed by atoms with E-state index in [1.807, 2.05) is 19.2 Å². The summed E-state index contributed by atoms with van der Waals surface area (Å²) >= 11 is 6.04. The molecule has 3 heteroatoms. The Morgan fingerprint density at radius 3 is 2.36 bits per heavy atom. The van der Waals surface area contributed by atoms with Gasteiger partial charge in [-0.25, -0.2) is 0 Å². The lowest BCUT2D eigenvalue weighted by atomic mass is 9.79. The predicted molar refractivity (Wildman–Crippen MR) is 111 cm³/mol. The monoisotopic (exact) mass is 365 g/mol. The molecule has 0 aliphatic carbocycles. The molecule has 1 rings (SSSR count). The first-order valence-corrected chi connectivity index (χ1v) is 9.83. The standard InChI is InChI=1S/C22H36ClNO/c1-7-8-21(25-6)13-14-24-20(15-17(2)3)16-22(4,5)18-9-11-19(23)12-10-18/h9-12,15,20-21,24H,7-8,13-14,16H2,1-6H3. The maximum absolute atomic E-state index is 6.04. The van der Waals surface area contributed by atoms with E-state index < -0.39 is 0 Å². The Kier molecular flexibility index (Phi) is 9.78. The fraction of sp³-hybridized carbons (Fsp3) is 0.636. The molecule has 0 saturated carbocycles. The normalized spacial score (nSPS) is 14.2. The molecule has 25 heavy (non-hydrogen) atoms. The topological polar surface area (TPSA) is 21.3 Å². The van der Waals surface area contributed by atoms with E-state index in [1.54, 1.807) is 0 Å². The molecule has 0 aliphatic rings. The Morgan fingerprint density at radius 1 is 1.20 bits per heavy atom. The minimum Gasteiger partial charge on any atom is -0.381 e. The number of ether oxygens (including phenoxy) is 1. The fourth-order valence-electron chi connectivity index (χ4n) is 3.29. The smallest absolute Gasteiger partial charge is 0.0583 e. The summed E-state index contributed by atoms with van der Waals surface area (Å²) in [5.41, 5.74) is 2.76. The summed E-state index contributed by atoms with van der Waals surface area (Å²) < 4.78 is 5.57. The molecule has 0 amide bonds. The van der Waals surface area contributed by atoms with Crippen molar-refractivity contribution >= 4 is 11.6 Å². The summed E-state index contributed by atoms with van der Waals surface area (Å²) in [6, 6.07) is 8.61. The number of allylic oxidation sites excluding steroid dienone is 1. The second-order valence-corrected chi connectivity index (χ2v) is 8.27. The van der Waals surface area contributed by atoms with Crippen molar-refractivity contribution in [3.8, 4) is 0 Å². The molecule has 0 saturated heterocycles. The molecule has 0 spiro atoms. The maximum atomic E-state index is 6.04. The molecule has 0 bridgehead atoms. The maximum Gasteiger partial charge on any atom is 0.0583 e. The zero-order valence-corrected chi connectivity index (χ0v) is 17.6. The highest BCUT2D eigenvalue weighted by molar-refractivity contribution is 6.30. The molecule has 142 valence electrons. The van der Waals surface area contributed by atoms with E-state index in [4.69, 9.17) is 16.3 Å². The molecular weight excluding hydrogens is 330 g/mol. The van der Waals surface area contributed by atoms with Gasteiger partial charge in [0.1, 0.15) is 0 Å². The lowest BCUT2D eigenvalue weighted by molar-refractivity contribution is 0.0868. The van der Waals surface area contributed by atoms with Crippen molar-refractivity contribution < 1.29 is 4.74 Å². The van der Waals surface area contributed by atoms with E-state index in [0.29, 0.717) is 12.1 Å². The van der Waals surface area contributed by atoms with Gasteiger partial charge in [0.05, 0.1) is 6.10 Å². The minimum absolute atomic E-state index is 0.0816. The Labute approximate surface area is 160 Å². The van der Waals surface area contributed by atoms with Crippen LogP contribution < -0.4 is 5.32 Å². The molecule has 0 aromatic heterocycles. The summed E-state index contributed by atoms with van der Waals surface area (Å²) in [5, 5.41) is 4.52. The molecule has 0 aliphatic heterocycles. The van der Waals surface area contributed by atoms with Gasteiger partial charge in [0.15, 0.2) is 0 Å². The van der Waals surface area contributed by atoms with Gasteiger partial charge < -0.3 is 10.1 Å². The van der Waals surface area contributed by atoms with Gasteiger partial charge in [0, 0.05) is 18.2 Å². The van der Waals surface area contributed by atoms with Gasteiger partial charge in [-0.15, -0.1) is 0 Å². The van der Waals surface area contributed by atoms with Gasteiger partial charge >= 0.3 is 0 Å². The number of nitrogens with one attached hydrogen (secondary N) is 1. The fourth-order valence-corrected chi connectivity index (χ4v) is 3.42. The molecule has 2 atom stereocenters. The van der Waals surface area contributed by atoms with Gasteiger partial charge in [-0.1, -0.05) is 62.6 Å². The summed E-state index contributed by atoms with van der Waals surface area (Å²) in [4.78, 5) is 0. The number of benzene rings is 1. The highest BCUT2D eigenvalue weighted by atomic mass is 35.5. The Hall–Kier alpha value is -0.830. The van der Waals surface area contributed by atoms with Crippen molar-refractivity contribution in [2.24, 2.45) is 0 Å². The third kappa shape index (κ3) is 8.40. The summed E-state index contributed by atoms with van der Waals surface area (Å²) in [6.07, 6.45) is 7.10. The lowest BCUT2D eigenvalue weighted by Crippen LogP contribution is -2.36. The van der Waals surface area contributed by atoms with E-state index >= 15 is 0 Å². The molecule has 1 aromatic rings. The van der Waals surface area contributed by atoms with Crippen LogP contribution >= 0.6 is 11.6 Å². The molecular formula is C22H36ClNO. The van der Waals surface area contributed by atoms with E-state index in [-0.39, 0.29) is 5.41 Å². The van der Waals surface area contributed by atoms with Gasteiger partial charge in [-0.05, 0) is 62.8 Å². The summed E-state index contributed by atoms with van der Waals surface area (Å²) in [7, 11) is 1.82. The Bertz CT molecular complexity index is 517. The minimum atomic E-state index is 0.0816. The number of hydrogen-bond acceptors (Lipinski definition) is 2. The third-order valence-electron chi connectivity index (χ3n) is 4.71. The van der Waals surface area contributed by atoms with E-state index in [9.17, 15) is 0 Å². The van der Waals surface area contributed by atoms with Crippen LogP contribution in [0.1, 0.15) is 65.9 Å². The highest BCUT2D eigenvalue weighted by Gasteiger charge is 2.24. The van der Waals surface area contributed by atoms with E-state index in [0.717, 1.165) is 30.8 Å². The largest absolute Gasteiger partial charge is 0.381 e. The molecule has 2 nitrogen and oxygen atoms in total. The van der Waals surface area contributed by atoms with Crippen LogP contribution in [0.4, 0.5) is 0 Å². The zero-order valence-electron chi connectivity index (χ0n) is 16.9. The highest BCUT2D eigenvalue weighted by Crippen LogP contribution is 2.30. The molecule has 0 fully saturated rings. The van der Waals surface area contributed by atoms with Gasteiger partial charge in [0.2, 0.25) is 0 Å². The van der Waals surface area contributed by atoms with E-state index in [1.165, 1.54) is 17.6 Å². The summed E-state index contributed by atoms with van der Waals surface area (Å²) in [5.74, 6) is 0. The van der Waals surface area contributed by atoms with Gasteiger partial charge in [-0.2, -0.15) is 0 Å². The molecule has 1 N–H and O–H groups in total. The molecule has 0 radical (unpaired) electrons. The van der Waals surface area contributed by atoms with Crippen LogP contribution in [0.2, 0.25) is 5.02 Å². The van der Waals surface area contributed by atoms with Crippen molar-refractivity contribution in [3.05, 3.63) is 46.5 Å². The van der Waals surface area contributed by atoms with Crippen LogP contribution in [0.15, 0.2) is 35.9 Å². The van der Waals surface area contributed by atoms with Crippen LogP contribution in [0, 0.1) is 0 Å².